The first kappa shape index (κ1) is 16.7. The van der Waals surface area contributed by atoms with Crippen LogP contribution in [0.5, 0.6) is 0 Å². The molecule has 0 saturated carbocycles. The van der Waals surface area contributed by atoms with Crippen LogP contribution in [0.3, 0.4) is 0 Å². The van der Waals surface area contributed by atoms with Crippen LogP contribution in [0.2, 0.25) is 0 Å². The topological polar surface area (TPSA) is 33.1 Å². The summed E-state index contributed by atoms with van der Waals surface area (Å²) in [6, 6.07) is 0. The normalized spacial score (nSPS) is 23.1. The van der Waals surface area contributed by atoms with Gasteiger partial charge in [0.15, 0.2) is 0 Å². The van der Waals surface area contributed by atoms with E-state index in [4.69, 9.17) is 0 Å². The highest BCUT2D eigenvalue weighted by Crippen LogP contribution is 2.31. The van der Waals surface area contributed by atoms with Crippen molar-refractivity contribution in [2.75, 3.05) is 24.5 Å². The van der Waals surface area contributed by atoms with Gasteiger partial charge in [0.1, 0.15) is 5.82 Å². The molecule has 21 heavy (non-hydrogen) atoms. The summed E-state index contributed by atoms with van der Waals surface area (Å²) in [5.74, 6) is 1.99. The molecule has 2 unspecified atom stereocenters. The SMILES string of the molecule is Cc1nn(C)c(N2CC(C)SC(C)C2)c1CNCC(C)C. The van der Waals surface area contributed by atoms with Gasteiger partial charge in [-0.1, -0.05) is 27.7 Å². The highest BCUT2D eigenvalue weighted by atomic mass is 32.2. The predicted molar refractivity (Wildman–Crippen MR) is 93.2 cm³/mol. The molecular weight excluding hydrogens is 280 g/mol. The summed E-state index contributed by atoms with van der Waals surface area (Å²) >= 11 is 2.09. The van der Waals surface area contributed by atoms with Crippen LogP contribution in [-0.4, -0.2) is 39.9 Å². The van der Waals surface area contributed by atoms with Crippen LogP contribution in [0.25, 0.3) is 0 Å². The molecule has 0 radical (unpaired) electrons. The van der Waals surface area contributed by atoms with Gasteiger partial charge in [-0.15, -0.1) is 0 Å². The van der Waals surface area contributed by atoms with Gasteiger partial charge in [0.05, 0.1) is 5.69 Å². The number of aromatic nitrogens is 2. The van der Waals surface area contributed by atoms with Crippen molar-refractivity contribution in [3.05, 3.63) is 11.3 Å². The molecule has 2 heterocycles. The van der Waals surface area contributed by atoms with Crippen molar-refractivity contribution >= 4 is 17.6 Å². The van der Waals surface area contributed by atoms with Crippen LogP contribution in [0.15, 0.2) is 0 Å². The zero-order chi connectivity index (χ0) is 15.6. The van der Waals surface area contributed by atoms with Gasteiger partial charge >= 0.3 is 0 Å². The van der Waals surface area contributed by atoms with Crippen LogP contribution in [-0.2, 0) is 13.6 Å². The van der Waals surface area contributed by atoms with Crippen molar-refractivity contribution < 1.29 is 0 Å². The fraction of sp³-hybridized carbons (Fsp3) is 0.812. The molecular formula is C16H30N4S. The van der Waals surface area contributed by atoms with Gasteiger partial charge in [0.2, 0.25) is 0 Å². The molecule has 0 aliphatic carbocycles. The number of aryl methyl sites for hydroxylation is 2. The van der Waals surface area contributed by atoms with Crippen LogP contribution < -0.4 is 10.2 Å². The second-order valence-electron chi connectivity index (χ2n) is 6.70. The highest BCUT2D eigenvalue weighted by Gasteiger charge is 2.27. The monoisotopic (exact) mass is 310 g/mol. The molecule has 1 aromatic rings. The van der Waals surface area contributed by atoms with Crippen LogP contribution >= 0.6 is 11.8 Å². The van der Waals surface area contributed by atoms with Crippen LogP contribution in [0, 0.1) is 12.8 Å². The molecule has 2 rings (SSSR count). The van der Waals surface area contributed by atoms with E-state index >= 15 is 0 Å². The first-order valence-corrected chi connectivity index (χ1v) is 8.96. The van der Waals surface area contributed by atoms with E-state index in [2.05, 4.69) is 73.4 Å². The molecule has 1 aliphatic rings. The predicted octanol–water partition coefficient (Wildman–Crippen LogP) is 2.80. The number of hydrogen-bond donors (Lipinski definition) is 1. The quantitative estimate of drug-likeness (QED) is 0.906. The summed E-state index contributed by atoms with van der Waals surface area (Å²) in [5.41, 5.74) is 2.52. The van der Waals surface area contributed by atoms with Gasteiger partial charge in [-0.3, -0.25) is 4.68 Å². The zero-order valence-electron chi connectivity index (χ0n) is 14.3. The summed E-state index contributed by atoms with van der Waals surface area (Å²) in [4.78, 5) is 2.53. The molecule has 4 nitrogen and oxygen atoms in total. The third kappa shape index (κ3) is 4.16. The maximum Gasteiger partial charge on any atom is 0.131 e. The molecule has 0 amide bonds. The Morgan fingerprint density at radius 1 is 1.29 bits per heavy atom. The Kier molecular flexibility index (Phi) is 5.60. The largest absolute Gasteiger partial charge is 0.354 e. The van der Waals surface area contributed by atoms with Crippen molar-refractivity contribution in [3.8, 4) is 0 Å². The lowest BCUT2D eigenvalue weighted by atomic mass is 10.2. The third-order valence-corrected chi connectivity index (χ3v) is 5.11. The number of rotatable bonds is 5. The fourth-order valence-corrected chi connectivity index (χ4v) is 4.45. The van der Waals surface area contributed by atoms with E-state index in [0.29, 0.717) is 16.4 Å². The molecule has 1 saturated heterocycles. The van der Waals surface area contributed by atoms with E-state index in [-0.39, 0.29) is 0 Å². The van der Waals surface area contributed by atoms with Crippen molar-refractivity contribution in [1.29, 1.82) is 0 Å². The van der Waals surface area contributed by atoms with Gasteiger partial charge in [0.25, 0.3) is 0 Å². The van der Waals surface area contributed by atoms with Crippen molar-refractivity contribution in [1.82, 2.24) is 15.1 Å². The highest BCUT2D eigenvalue weighted by molar-refractivity contribution is 8.00. The second kappa shape index (κ2) is 7.05. The van der Waals surface area contributed by atoms with E-state index in [0.717, 1.165) is 31.9 Å². The number of anilines is 1. The average Bonchev–Trinajstić information content (AvgIpc) is 2.62. The van der Waals surface area contributed by atoms with E-state index < -0.39 is 0 Å². The van der Waals surface area contributed by atoms with E-state index in [9.17, 15) is 0 Å². The summed E-state index contributed by atoms with van der Waals surface area (Å²) < 4.78 is 2.07. The molecule has 1 aromatic heterocycles. The van der Waals surface area contributed by atoms with E-state index in [1.165, 1.54) is 11.4 Å². The van der Waals surface area contributed by atoms with Crippen molar-refractivity contribution in [2.45, 2.75) is 51.7 Å². The molecule has 5 heteroatoms. The lowest BCUT2D eigenvalue weighted by molar-refractivity contribution is 0.550. The number of nitrogens with zero attached hydrogens (tertiary/aromatic N) is 3. The minimum absolute atomic E-state index is 0.678. The van der Waals surface area contributed by atoms with Crippen LogP contribution in [0.1, 0.15) is 39.0 Å². The van der Waals surface area contributed by atoms with Gasteiger partial charge < -0.3 is 10.2 Å². The summed E-state index contributed by atoms with van der Waals surface area (Å²) in [6.45, 7) is 15.5. The third-order valence-electron chi connectivity index (χ3n) is 3.89. The Balaban J connectivity index is 2.17. The Morgan fingerprint density at radius 3 is 2.48 bits per heavy atom. The first-order valence-electron chi connectivity index (χ1n) is 8.02. The van der Waals surface area contributed by atoms with E-state index in [1.807, 2.05) is 0 Å². The molecule has 1 aliphatic heterocycles. The lowest BCUT2D eigenvalue weighted by Crippen LogP contribution is -2.42. The number of thioether (sulfide) groups is 1. The number of hydrogen-bond acceptors (Lipinski definition) is 4. The Labute approximate surface area is 133 Å². The molecule has 0 bridgehead atoms. The smallest absolute Gasteiger partial charge is 0.131 e. The molecule has 120 valence electrons. The summed E-state index contributed by atoms with van der Waals surface area (Å²) in [5, 5.41) is 9.60. The zero-order valence-corrected chi connectivity index (χ0v) is 15.1. The summed E-state index contributed by atoms with van der Waals surface area (Å²) in [7, 11) is 2.07. The van der Waals surface area contributed by atoms with Crippen molar-refractivity contribution in [3.63, 3.8) is 0 Å². The first-order chi connectivity index (χ1) is 9.88. The second-order valence-corrected chi connectivity index (χ2v) is 8.58. The molecule has 1 N–H and O–H groups in total. The van der Waals surface area contributed by atoms with E-state index in [1.54, 1.807) is 0 Å². The Hall–Kier alpha value is -0.680. The van der Waals surface area contributed by atoms with Gasteiger partial charge in [-0.05, 0) is 19.4 Å². The summed E-state index contributed by atoms with van der Waals surface area (Å²) in [6.07, 6.45) is 0. The lowest BCUT2D eigenvalue weighted by Gasteiger charge is -2.36. The van der Waals surface area contributed by atoms with Gasteiger partial charge in [-0.2, -0.15) is 16.9 Å². The maximum atomic E-state index is 4.66. The number of nitrogens with one attached hydrogen (secondary N) is 1. The minimum atomic E-state index is 0.678. The minimum Gasteiger partial charge on any atom is -0.354 e. The Morgan fingerprint density at radius 2 is 1.90 bits per heavy atom. The molecule has 0 aromatic carbocycles. The fourth-order valence-electron chi connectivity index (χ4n) is 3.13. The van der Waals surface area contributed by atoms with Gasteiger partial charge in [0, 0.05) is 42.7 Å². The van der Waals surface area contributed by atoms with Crippen molar-refractivity contribution in [2.24, 2.45) is 13.0 Å². The van der Waals surface area contributed by atoms with Gasteiger partial charge in [-0.25, -0.2) is 0 Å². The maximum absolute atomic E-state index is 4.66. The van der Waals surface area contributed by atoms with Crippen LogP contribution in [0.4, 0.5) is 5.82 Å². The molecule has 2 atom stereocenters. The average molecular weight is 311 g/mol. The molecule has 0 spiro atoms. The molecule has 1 fully saturated rings. The standard InChI is InChI=1S/C16H30N4S/c1-11(2)7-17-8-15-14(5)18-19(6)16(15)20-9-12(3)21-13(4)10-20/h11-13,17H,7-10H2,1-6H3. The Bertz CT molecular complexity index is 459.